The van der Waals surface area contributed by atoms with Crippen LogP contribution in [-0.4, -0.2) is 36.9 Å². The molecule has 1 atom stereocenters. The van der Waals surface area contributed by atoms with Crippen LogP contribution in [0.15, 0.2) is 16.8 Å². The van der Waals surface area contributed by atoms with E-state index in [1.54, 1.807) is 6.92 Å². The van der Waals surface area contributed by atoms with E-state index in [1.165, 1.54) is 11.3 Å². The fraction of sp³-hybridized carbons (Fsp3) is 0.643. The van der Waals surface area contributed by atoms with Gasteiger partial charge in [-0.1, -0.05) is 0 Å². The molecule has 1 heterocycles. The highest BCUT2D eigenvalue weighted by molar-refractivity contribution is 7.08. The molecule has 1 aromatic heterocycles. The van der Waals surface area contributed by atoms with Gasteiger partial charge in [0.05, 0.1) is 12.6 Å². The summed E-state index contributed by atoms with van der Waals surface area (Å²) in [5, 5.41) is 19.4. The van der Waals surface area contributed by atoms with Crippen LogP contribution < -0.4 is 10.6 Å². The van der Waals surface area contributed by atoms with Gasteiger partial charge in [-0.2, -0.15) is 11.3 Å². The second-order valence-electron chi connectivity index (χ2n) is 5.17. The van der Waals surface area contributed by atoms with Gasteiger partial charge in [-0.05, 0) is 49.6 Å². The van der Waals surface area contributed by atoms with Crippen LogP contribution in [0.5, 0.6) is 0 Å². The second-order valence-corrected chi connectivity index (χ2v) is 5.95. The predicted molar refractivity (Wildman–Crippen MR) is 81.0 cm³/mol. The third-order valence-electron chi connectivity index (χ3n) is 2.79. The lowest BCUT2D eigenvalue weighted by Crippen LogP contribution is -2.43. The third-order valence-corrected chi connectivity index (χ3v) is 3.48. The van der Waals surface area contributed by atoms with E-state index in [4.69, 9.17) is 4.74 Å². The van der Waals surface area contributed by atoms with Gasteiger partial charge < -0.3 is 20.5 Å². The zero-order chi connectivity index (χ0) is 15.0. The SMILES string of the molecule is CC(C)OCCCNC(=O)NCC(C)(O)c1ccsc1. The number of ether oxygens (including phenoxy) is 1. The molecule has 5 nitrogen and oxygen atoms in total. The quantitative estimate of drug-likeness (QED) is 0.644. The summed E-state index contributed by atoms with van der Waals surface area (Å²) in [6.07, 6.45) is 0.983. The Morgan fingerprint density at radius 1 is 1.50 bits per heavy atom. The highest BCUT2D eigenvalue weighted by Crippen LogP contribution is 2.21. The van der Waals surface area contributed by atoms with Crippen molar-refractivity contribution in [3.8, 4) is 0 Å². The van der Waals surface area contributed by atoms with Crippen molar-refractivity contribution in [2.75, 3.05) is 19.7 Å². The molecule has 20 heavy (non-hydrogen) atoms. The largest absolute Gasteiger partial charge is 0.384 e. The van der Waals surface area contributed by atoms with E-state index < -0.39 is 5.60 Å². The van der Waals surface area contributed by atoms with Gasteiger partial charge >= 0.3 is 6.03 Å². The number of nitrogens with one attached hydrogen (secondary N) is 2. The molecule has 0 radical (unpaired) electrons. The summed E-state index contributed by atoms with van der Waals surface area (Å²) < 4.78 is 5.38. The minimum absolute atomic E-state index is 0.179. The molecule has 3 N–H and O–H groups in total. The standard InChI is InChI=1S/C14H24N2O3S/c1-11(2)19-7-4-6-15-13(17)16-10-14(3,18)12-5-8-20-9-12/h5,8-9,11,18H,4,6-7,10H2,1-3H3,(H2,15,16,17). The summed E-state index contributed by atoms with van der Waals surface area (Å²) >= 11 is 1.52. The molecule has 2 amide bonds. The van der Waals surface area contributed by atoms with Crippen LogP contribution in [0.1, 0.15) is 32.8 Å². The van der Waals surface area contributed by atoms with E-state index in [-0.39, 0.29) is 18.7 Å². The van der Waals surface area contributed by atoms with Gasteiger partial charge in [0, 0.05) is 13.2 Å². The number of amides is 2. The summed E-state index contributed by atoms with van der Waals surface area (Å²) in [7, 11) is 0. The number of thiophene rings is 1. The van der Waals surface area contributed by atoms with Gasteiger partial charge in [0.1, 0.15) is 5.60 Å². The van der Waals surface area contributed by atoms with Gasteiger partial charge in [-0.25, -0.2) is 4.79 Å². The highest BCUT2D eigenvalue weighted by Gasteiger charge is 2.23. The summed E-state index contributed by atoms with van der Waals surface area (Å²) in [6.45, 7) is 7.01. The molecular formula is C14H24N2O3S. The first-order valence-electron chi connectivity index (χ1n) is 6.80. The zero-order valence-electron chi connectivity index (χ0n) is 12.3. The Morgan fingerprint density at radius 2 is 2.25 bits per heavy atom. The van der Waals surface area contributed by atoms with Crippen molar-refractivity contribution in [3.05, 3.63) is 22.4 Å². The van der Waals surface area contributed by atoms with E-state index in [2.05, 4.69) is 10.6 Å². The fourth-order valence-electron chi connectivity index (χ4n) is 1.58. The maximum absolute atomic E-state index is 11.6. The molecular weight excluding hydrogens is 276 g/mol. The third kappa shape index (κ3) is 6.36. The first kappa shape index (κ1) is 16.9. The first-order valence-corrected chi connectivity index (χ1v) is 7.74. The topological polar surface area (TPSA) is 70.6 Å². The van der Waals surface area contributed by atoms with E-state index in [0.29, 0.717) is 13.2 Å². The Hall–Kier alpha value is -1.11. The van der Waals surface area contributed by atoms with E-state index in [0.717, 1.165) is 12.0 Å². The lowest BCUT2D eigenvalue weighted by molar-refractivity contribution is 0.0596. The van der Waals surface area contributed by atoms with Crippen molar-refractivity contribution in [1.29, 1.82) is 0 Å². The summed E-state index contributed by atoms with van der Waals surface area (Å²) in [5.74, 6) is 0. The Labute approximate surface area is 124 Å². The van der Waals surface area contributed by atoms with Crippen molar-refractivity contribution in [2.45, 2.75) is 38.9 Å². The number of carbonyl (C=O) groups is 1. The molecule has 6 heteroatoms. The number of aliphatic hydroxyl groups is 1. The number of rotatable bonds is 8. The Balaban J connectivity index is 2.17. The number of carbonyl (C=O) groups excluding carboxylic acids is 1. The van der Waals surface area contributed by atoms with E-state index in [9.17, 15) is 9.90 Å². The van der Waals surface area contributed by atoms with Gasteiger partial charge in [0.25, 0.3) is 0 Å². The number of urea groups is 1. The Kier molecular flexibility index (Phi) is 6.98. The molecule has 114 valence electrons. The average Bonchev–Trinajstić information content (AvgIpc) is 2.90. The van der Waals surface area contributed by atoms with E-state index in [1.807, 2.05) is 30.7 Å². The Morgan fingerprint density at radius 3 is 2.85 bits per heavy atom. The van der Waals surface area contributed by atoms with E-state index >= 15 is 0 Å². The molecule has 0 bridgehead atoms. The van der Waals surface area contributed by atoms with Gasteiger partial charge in [-0.15, -0.1) is 0 Å². The van der Waals surface area contributed by atoms with Crippen LogP contribution in [0.2, 0.25) is 0 Å². The first-order chi connectivity index (χ1) is 9.42. The molecule has 1 rings (SSSR count). The molecule has 0 fully saturated rings. The minimum Gasteiger partial charge on any atom is -0.384 e. The predicted octanol–water partition coefficient (Wildman–Crippen LogP) is 2.07. The van der Waals surface area contributed by atoms with Crippen molar-refractivity contribution in [1.82, 2.24) is 10.6 Å². The molecule has 0 aliphatic rings. The molecule has 1 aromatic rings. The van der Waals surface area contributed by atoms with Crippen LogP contribution in [0, 0.1) is 0 Å². The molecule has 1 unspecified atom stereocenters. The van der Waals surface area contributed by atoms with Crippen molar-refractivity contribution < 1.29 is 14.6 Å². The smallest absolute Gasteiger partial charge is 0.314 e. The fourth-order valence-corrected chi connectivity index (χ4v) is 2.36. The second kappa shape index (κ2) is 8.24. The van der Waals surface area contributed by atoms with Crippen molar-refractivity contribution >= 4 is 17.4 Å². The lowest BCUT2D eigenvalue weighted by Gasteiger charge is -2.22. The molecule has 0 aliphatic carbocycles. The maximum atomic E-state index is 11.6. The van der Waals surface area contributed by atoms with Gasteiger partial charge in [0.15, 0.2) is 0 Å². The molecule has 0 saturated carbocycles. The van der Waals surface area contributed by atoms with Crippen LogP contribution in [0.3, 0.4) is 0 Å². The average molecular weight is 300 g/mol. The van der Waals surface area contributed by atoms with Crippen molar-refractivity contribution in [2.24, 2.45) is 0 Å². The molecule has 0 saturated heterocycles. The summed E-state index contributed by atoms with van der Waals surface area (Å²) in [5.41, 5.74) is -0.230. The summed E-state index contributed by atoms with van der Waals surface area (Å²) in [6, 6.07) is 1.58. The zero-order valence-corrected chi connectivity index (χ0v) is 13.1. The van der Waals surface area contributed by atoms with Crippen LogP contribution >= 0.6 is 11.3 Å². The van der Waals surface area contributed by atoms with Crippen molar-refractivity contribution in [3.63, 3.8) is 0 Å². The normalized spacial score (nSPS) is 14.1. The number of hydrogen-bond acceptors (Lipinski definition) is 4. The van der Waals surface area contributed by atoms with Crippen LogP contribution in [0.4, 0.5) is 4.79 Å². The molecule has 0 aromatic carbocycles. The van der Waals surface area contributed by atoms with Crippen LogP contribution in [0.25, 0.3) is 0 Å². The minimum atomic E-state index is -1.04. The van der Waals surface area contributed by atoms with Gasteiger partial charge in [0.2, 0.25) is 0 Å². The lowest BCUT2D eigenvalue weighted by atomic mass is 9.99. The maximum Gasteiger partial charge on any atom is 0.314 e. The molecule has 0 aliphatic heterocycles. The van der Waals surface area contributed by atoms with Crippen LogP contribution in [-0.2, 0) is 10.3 Å². The Bertz CT molecular complexity index is 391. The summed E-state index contributed by atoms with van der Waals surface area (Å²) in [4.78, 5) is 11.6. The highest BCUT2D eigenvalue weighted by atomic mass is 32.1. The molecule has 0 spiro atoms. The monoisotopic (exact) mass is 300 g/mol. The van der Waals surface area contributed by atoms with Gasteiger partial charge in [-0.3, -0.25) is 0 Å². The number of hydrogen-bond donors (Lipinski definition) is 3.